The highest BCUT2D eigenvalue weighted by molar-refractivity contribution is 5.75. The zero-order chi connectivity index (χ0) is 15.8. The molecule has 0 aliphatic carbocycles. The highest BCUT2D eigenvalue weighted by Gasteiger charge is 2.26. The van der Waals surface area contributed by atoms with Crippen LogP contribution in [0.4, 0.5) is 0 Å². The van der Waals surface area contributed by atoms with Crippen molar-refractivity contribution >= 4 is 5.97 Å². The van der Waals surface area contributed by atoms with Gasteiger partial charge < -0.3 is 9.84 Å². The number of benzene rings is 2. The van der Waals surface area contributed by atoms with Crippen LogP contribution < -0.4 is 0 Å². The van der Waals surface area contributed by atoms with Crippen molar-refractivity contribution in [2.45, 2.75) is 19.1 Å². The zero-order valence-corrected chi connectivity index (χ0v) is 12.7. The van der Waals surface area contributed by atoms with Crippen LogP contribution in [-0.4, -0.2) is 35.7 Å². The summed E-state index contributed by atoms with van der Waals surface area (Å²) < 4.78 is 4.82. The Hall–Kier alpha value is -2.17. The lowest BCUT2D eigenvalue weighted by molar-refractivity contribution is -0.149. The van der Waals surface area contributed by atoms with Crippen LogP contribution in [0.1, 0.15) is 11.1 Å². The number of hydrogen-bond donors (Lipinski definition) is 1. The number of rotatable bonds is 7. The topological polar surface area (TPSA) is 49.8 Å². The molecule has 2 aromatic rings. The maximum absolute atomic E-state index is 11.9. The Balaban J connectivity index is 2.21. The summed E-state index contributed by atoms with van der Waals surface area (Å²) in [5, 5.41) is 9.61. The second-order valence-corrected chi connectivity index (χ2v) is 5.10. The lowest BCUT2D eigenvalue weighted by Crippen LogP contribution is -2.43. The van der Waals surface area contributed by atoms with Gasteiger partial charge in [0.1, 0.15) is 6.04 Å². The van der Waals surface area contributed by atoms with Gasteiger partial charge in [-0.25, -0.2) is 0 Å². The number of nitrogens with zero attached hydrogens (tertiary/aromatic N) is 1. The average molecular weight is 299 g/mol. The minimum absolute atomic E-state index is 0.271. The summed E-state index contributed by atoms with van der Waals surface area (Å²) in [6, 6.07) is 19.1. The van der Waals surface area contributed by atoms with E-state index in [1.54, 1.807) is 0 Å². The van der Waals surface area contributed by atoms with Crippen molar-refractivity contribution in [2.75, 3.05) is 13.7 Å². The van der Waals surface area contributed by atoms with Gasteiger partial charge in [0.15, 0.2) is 0 Å². The monoisotopic (exact) mass is 299 g/mol. The van der Waals surface area contributed by atoms with Gasteiger partial charge in [0.2, 0.25) is 0 Å². The van der Waals surface area contributed by atoms with Crippen molar-refractivity contribution in [2.24, 2.45) is 0 Å². The number of ether oxygens (including phenoxy) is 1. The first kappa shape index (κ1) is 16.2. The Morgan fingerprint density at radius 1 is 1.00 bits per heavy atom. The maximum Gasteiger partial charge on any atom is 0.325 e. The van der Waals surface area contributed by atoms with Crippen LogP contribution >= 0.6 is 0 Å². The lowest BCUT2D eigenvalue weighted by atomic mass is 10.1. The molecule has 0 radical (unpaired) electrons. The molecular formula is C18H21NO3. The van der Waals surface area contributed by atoms with E-state index in [4.69, 9.17) is 4.74 Å². The normalized spacial score (nSPS) is 12.1. The quantitative estimate of drug-likeness (QED) is 0.797. The molecule has 0 heterocycles. The molecule has 4 heteroatoms. The SMILES string of the molecule is COC(=O)[C@H](CO)N(Cc1ccccc1)Cc1ccccc1. The van der Waals surface area contributed by atoms with Crippen LogP contribution in [0.5, 0.6) is 0 Å². The fourth-order valence-electron chi connectivity index (χ4n) is 2.39. The van der Waals surface area contributed by atoms with E-state index in [1.807, 2.05) is 65.6 Å². The largest absolute Gasteiger partial charge is 0.468 e. The number of aliphatic hydroxyl groups excluding tert-OH is 1. The minimum Gasteiger partial charge on any atom is -0.468 e. The fourth-order valence-corrected chi connectivity index (χ4v) is 2.39. The van der Waals surface area contributed by atoms with E-state index in [9.17, 15) is 9.90 Å². The Kier molecular flexibility index (Phi) is 6.13. The number of carbonyl (C=O) groups excluding carboxylic acids is 1. The van der Waals surface area contributed by atoms with E-state index in [-0.39, 0.29) is 6.61 Å². The second-order valence-electron chi connectivity index (χ2n) is 5.10. The molecule has 0 aliphatic rings. The fraction of sp³-hybridized carbons (Fsp3) is 0.278. The predicted molar refractivity (Wildman–Crippen MR) is 85.0 cm³/mol. The van der Waals surface area contributed by atoms with E-state index in [0.717, 1.165) is 11.1 Å². The molecule has 1 N–H and O–H groups in total. The van der Waals surface area contributed by atoms with E-state index < -0.39 is 12.0 Å². The molecule has 0 unspecified atom stereocenters. The molecule has 0 spiro atoms. The Morgan fingerprint density at radius 3 is 1.82 bits per heavy atom. The van der Waals surface area contributed by atoms with Crippen LogP contribution in [0.3, 0.4) is 0 Å². The van der Waals surface area contributed by atoms with Crippen LogP contribution in [0.25, 0.3) is 0 Å². The first-order valence-electron chi connectivity index (χ1n) is 7.25. The lowest BCUT2D eigenvalue weighted by Gasteiger charge is -2.28. The van der Waals surface area contributed by atoms with Crippen molar-refractivity contribution < 1.29 is 14.6 Å². The van der Waals surface area contributed by atoms with Crippen LogP contribution in [-0.2, 0) is 22.6 Å². The molecule has 1 atom stereocenters. The number of methoxy groups -OCH3 is 1. The van der Waals surface area contributed by atoms with Gasteiger partial charge in [-0.2, -0.15) is 0 Å². The zero-order valence-electron chi connectivity index (χ0n) is 12.7. The van der Waals surface area contributed by atoms with E-state index in [1.165, 1.54) is 7.11 Å². The molecule has 0 aliphatic heterocycles. The Morgan fingerprint density at radius 2 is 1.45 bits per heavy atom. The maximum atomic E-state index is 11.9. The molecule has 2 rings (SSSR count). The molecule has 22 heavy (non-hydrogen) atoms. The molecule has 0 aromatic heterocycles. The first-order chi connectivity index (χ1) is 10.7. The highest BCUT2D eigenvalue weighted by atomic mass is 16.5. The molecule has 0 fully saturated rings. The number of carbonyl (C=O) groups is 1. The third kappa shape index (κ3) is 4.41. The standard InChI is InChI=1S/C18H21NO3/c1-22-18(21)17(14-20)19(12-15-8-4-2-5-9-15)13-16-10-6-3-7-11-16/h2-11,17,20H,12-14H2,1H3/t17-/m0/s1. The smallest absolute Gasteiger partial charge is 0.325 e. The Bertz CT molecular complexity index is 530. The summed E-state index contributed by atoms with van der Waals surface area (Å²) in [7, 11) is 1.34. The molecular weight excluding hydrogens is 278 g/mol. The van der Waals surface area contributed by atoms with Crippen molar-refractivity contribution in [1.82, 2.24) is 4.90 Å². The third-order valence-electron chi connectivity index (χ3n) is 3.54. The summed E-state index contributed by atoms with van der Waals surface area (Å²) in [5.74, 6) is -0.422. The predicted octanol–water partition coefficient (Wildman–Crippen LogP) is 2.22. The summed E-state index contributed by atoms with van der Waals surface area (Å²) in [4.78, 5) is 13.9. The van der Waals surface area contributed by atoms with E-state index in [0.29, 0.717) is 13.1 Å². The molecule has 0 saturated carbocycles. The summed E-state index contributed by atoms with van der Waals surface area (Å²) >= 11 is 0. The van der Waals surface area contributed by atoms with Crippen molar-refractivity contribution in [3.05, 3.63) is 71.8 Å². The van der Waals surface area contributed by atoms with E-state index >= 15 is 0 Å². The number of hydrogen-bond acceptors (Lipinski definition) is 4. The van der Waals surface area contributed by atoms with Gasteiger partial charge in [-0.3, -0.25) is 9.69 Å². The van der Waals surface area contributed by atoms with Crippen molar-refractivity contribution in [1.29, 1.82) is 0 Å². The Labute approximate surface area is 131 Å². The summed E-state index contributed by atoms with van der Waals surface area (Å²) in [6.07, 6.45) is 0. The van der Waals surface area contributed by atoms with Gasteiger partial charge in [-0.15, -0.1) is 0 Å². The average Bonchev–Trinajstić information content (AvgIpc) is 2.57. The van der Waals surface area contributed by atoms with Crippen molar-refractivity contribution in [3.8, 4) is 0 Å². The first-order valence-corrected chi connectivity index (χ1v) is 7.25. The van der Waals surface area contributed by atoms with Gasteiger partial charge >= 0.3 is 5.97 Å². The summed E-state index contributed by atoms with van der Waals surface area (Å²) in [6.45, 7) is 0.860. The highest BCUT2D eigenvalue weighted by Crippen LogP contribution is 2.14. The molecule has 4 nitrogen and oxygen atoms in total. The van der Waals surface area contributed by atoms with E-state index in [2.05, 4.69) is 0 Å². The molecule has 0 saturated heterocycles. The number of aliphatic hydroxyl groups is 1. The van der Waals surface area contributed by atoms with Crippen LogP contribution in [0, 0.1) is 0 Å². The van der Waals surface area contributed by atoms with Crippen LogP contribution in [0.15, 0.2) is 60.7 Å². The minimum atomic E-state index is -0.676. The van der Waals surface area contributed by atoms with Gasteiger partial charge in [-0.1, -0.05) is 60.7 Å². The van der Waals surface area contributed by atoms with Gasteiger partial charge in [0.05, 0.1) is 13.7 Å². The second kappa shape index (κ2) is 8.32. The molecule has 2 aromatic carbocycles. The molecule has 0 bridgehead atoms. The van der Waals surface area contributed by atoms with Gasteiger partial charge in [-0.05, 0) is 11.1 Å². The third-order valence-corrected chi connectivity index (χ3v) is 3.54. The van der Waals surface area contributed by atoms with Crippen LogP contribution in [0.2, 0.25) is 0 Å². The van der Waals surface area contributed by atoms with Gasteiger partial charge in [0, 0.05) is 13.1 Å². The summed E-state index contributed by atoms with van der Waals surface area (Å²) in [5.41, 5.74) is 2.17. The van der Waals surface area contributed by atoms with Gasteiger partial charge in [0.25, 0.3) is 0 Å². The number of esters is 1. The van der Waals surface area contributed by atoms with Crippen molar-refractivity contribution in [3.63, 3.8) is 0 Å². The molecule has 0 amide bonds. The molecule has 116 valence electrons.